The fourth-order valence-electron chi connectivity index (χ4n) is 3.93. The van der Waals surface area contributed by atoms with Gasteiger partial charge in [-0.3, -0.25) is 14.9 Å². The summed E-state index contributed by atoms with van der Waals surface area (Å²) in [5.41, 5.74) is 2.93. The minimum Gasteiger partial charge on any atom is -0.294 e. The van der Waals surface area contributed by atoms with E-state index >= 15 is 0 Å². The normalized spacial score (nSPS) is 16.6. The van der Waals surface area contributed by atoms with E-state index in [4.69, 9.17) is 0 Å². The van der Waals surface area contributed by atoms with Gasteiger partial charge in [0.2, 0.25) is 11.9 Å². The van der Waals surface area contributed by atoms with Crippen LogP contribution in [0, 0.1) is 5.82 Å². The van der Waals surface area contributed by atoms with Crippen molar-refractivity contribution in [1.82, 2.24) is 9.97 Å². The van der Waals surface area contributed by atoms with Gasteiger partial charge in [0.05, 0.1) is 17.2 Å². The molecule has 0 aliphatic heterocycles. The standard InChI is InChI=1S/C24H22FN3O2/c1-2-19(16-6-4-3-5-7-16)23(30)28-24-26-14-20-21(27-24)12-17(13-22(20)29)15-8-10-18(25)11-9-15/h3-11,14,17,19H,2,12-13H2,1H3,(H,26,27,28,30). The predicted octanol–water partition coefficient (Wildman–Crippen LogP) is 4.66. The second kappa shape index (κ2) is 8.53. The van der Waals surface area contributed by atoms with Crippen LogP contribution in [-0.2, 0) is 11.2 Å². The molecule has 1 aliphatic rings. The molecule has 0 saturated heterocycles. The highest BCUT2D eigenvalue weighted by atomic mass is 19.1. The van der Waals surface area contributed by atoms with Crippen LogP contribution in [0.3, 0.4) is 0 Å². The summed E-state index contributed by atoms with van der Waals surface area (Å²) in [6.07, 6.45) is 3.00. The van der Waals surface area contributed by atoms with E-state index in [1.165, 1.54) is 18.3 Å². The molecule has 6 heteroatoms. The zero-order valence-corrected chi connectivity index (χ0v) is 16.6. The first-order valence-electron chi connectivity index (χ1n) is 10.1. The highest BCUT2D eigenvalue weighted by Crippen LogP contribution is 2.32. The number of rotatable bonds is 5. The lowest BCUT2D eigenvalue weighted by Gasteiger charge is -2.23. The summed E-state index contributed by atoms with van der Waals surface area (Å²) >= 11 is 0. The van der Waals surface area contributed by atoms with Gasteiger partial charge in [-0.15, -0.1) is 0 Å². The van der Waals surface area contributed by atoms with Crippen LogP contribution in [-0.4, -0.2) is 21.7 Å². The van der Waals surface area contributed by atoms with Crippen molar-refractivity contribution in [2.45, 2.75) is 38.0 Å². The molecule has 0 bridgehead atoms. The Labute approximate surface area is 174 Å². The minimum absolute atomic E-state index is 0.0424. The summed E-state index contributed by atoms with van der Waals surface area (Å²) < 4.78 is 13.2. The molecule has 1 heterocycles. The number of hydrogen-bond acceptors (Lipinski definition) is 4. The fourth-order valence-corrected chi connectivity index (χ4v) is 3.93. The third kappa shape index (κ3) is 4.13. The Kier molecular flexibility index (Phi) is 5.65. The second-order valence-electron chi connectivity index (χ2n) is 7.49. The summed E-state index contributed by atoms with van der Waals surface area (Å²) in [4.78, 5) is 34.0. The van der Waals surface area contributed by atoms with E-state index in [9.17, 15) is 14.0 Å². The number of fused-ring (bicyclic) bond motifs is 1. The van der Waals surface area contributed by atoms with Crippen molar-refractivity contribution >= 4 is 17.6 Å². The number of nitrogens with one attached hydrogen (secondary N) is 1. The van der Waals surface area contributed by atoms with Crippen LogP contribution in [0.1, 0.15) is 58.8 Å². The van der Waals surface area contributed by atoms with E-state index in [-0.39, 0.29) is 35.3 Å². The lowest BCUT2D eigenvalue weighted by Crippen LogP contribution is -2.24. The zero-order chi connectivity index (χ0) is 21.1. The number of carbonyl (C=O) groups excluding carboxylic acids is 2. The van der Waals surface area contributed by atoms with Gasteiger partial charge < -0.3 is 0 Å². The van der Waals surface area contributed by atoms with Crippen LogP contribution in [0.4, 0.5) is 10.3 Å². The number of benzene rings is 2. The van der Waals surface area contributed by atoms with Crippen molar-refractivity contribution in [3.63, 3.8) is 0 Å². The van der Waals surface area contributed by atoms with Crippen molar-refractivity contribution in [2.24, 2.45) is 0 Å². The van der Waals surface area contributed by atoms with Gasteiger partial charge in [-0.25, -0.2) is 14.4 Å². The van der Waals surface area contributed by atoms with Crippen LogP contribution >= 0.6 is 0 Å². The molecule has 0 radical (unpaired) electrons. The van der Waals surface area contributed by atoms with Crippen molar-refractivity contribution < 1.29 is 14.0 Å². The van der Waals surface area contributed by atoms with Crippen molar-refractivity contribution in [2.75, 3.05) is 5.32 Å². The topological polar surface area (TPSA) is 72.0 Å². The van der Waals surface area contributed by atoms with Crippen LogP contribution in [0.25, 0.3) is 0 Å². The summed E-state index contributed by atoms with van der Waals surface area (Å²) in [5.74, 6) is -0.713. The first kappa shape index (κ1) is 19.9. The van der Waals surface area contributed by atoms with Gasteiger partial charge in [-0.05, 0) is 42.0 Å². The Morgan fingerprint density at radius 1 is 1.13 bits per heavy atom. The van der Waals surface area contributed by atoms with E-state index in [0.717, 1.165) is 11.1 Å². The molecule has 5 nitrogen and oxygen atoms in total. The third-order valence-corrected chi connectivity index (χ3v) is 5.54. The molecule has 2 atom stereocenters. The van der Waals surface area contributed by atoms with Gasteiger partial charge in [0.1, 0.15) is 5.82 Å². The molecule has 2 unspecified atom stereocenters. The lowest BCUT2D eigenvalue weighted by atomic mass is 9.82. The van der Waals surface area contributed by atoms with Gasteiger partial charge in [0.15, 0.2) is 5.78 Å². The quantitative estimate of drug-likeness (QED) is 0.672. The molecule has 0 spiro atoms. The van der Waals surface area contributed by atoms with Crippen LogP contribution < -0.4 is 5.32 Å². The average molecular weight is 403 g/mol. The number of anilines is 1. The number of Topliss-reactive ketones (excluding diaryl/α,β-unsaturated/α-hetero) is 1. The van der Waals surface area contributed by atoms with Crippen LogP contribution in [0.2, 0.25) is 0 Å². The zero-order valence-electron chi connectivity index (χ0n) is 16.6. The maximum absolute atomic E-state index is 13.2. The highest BCUT2D eigenvalue weighted by molar-refractivity contribution is 5.99. The second-order valence-corrected chi connectivity index (χ2v) is 7.49. The summed E-state index contributed by atoms with van der Waals surface area (Å²) in [6, 6.07) is 15.8. The maximum Gasteiger partial charge on any atom is 0.234 e. The molecule has 1 amide bonds. The Morgan fingerprint density at radius 2 is 1.87 bits per heavy atom. The Balaban J connectivity index is 1.55. The van der Waals surface area contributed by atoms with E-state index in [2.05, 4.69) is 15.3 Å². The summed E-state index contributed by atoms with van der Waals surface area (Å²) in [7, 11) is 0. The smallest absolute Gasteiger partial charge is 0.234 e. The number of ketones is 1. The van der Waals surface area contributed by atoms with Crippen LogP contribution in [0.15, 0.2) is 60.8 Å². The van der Waals surface area contributed by atoms with Gasteiger partial charge in [0, 0.05) is 12.6 Å². The molecule has 4 rings (SSSR count). The SMILES string of the molecule is CCC(C(=O)Nc1ncc2c(n1)CC(c1ccc(F)cc1)CC2=O)c1ccccc1. The first-order chi connectivity index (χ1) is 14.5. The van der Waals surface area contributed by atoms with E-state index < -0.39 is 0 Å². The number of aromatic nitrogens is 2. The predicted molar refractivity (Wildman–Crippen MR) is 112 cm³/mol. The monoisotopic (exact) mass is 403 g/mol. The number of carbonyl (C=O) groups is 2. The molecule has 30 heavy (non-hydrogen) atoms. The average Bonchev–Trinajstić information content (AvgIpc) is 2.75. The molecule has 2 aromatic carbocycles. The van der Waals surface area contributed by atoms with Crippen molar-refractivity contribution in [1.29, 1.82) is 0 Å². The van der Waals surface area contributed by atoms with Crippen LogP contribution in [0.5, 0.6) is 0 Å². The van der Waals surface area contributed by atoms with E-state index in [1.807, 2.05) is 37.3 Å². The Hall–Kier alpha value is -3.41. The first-order valence-corrected chi connectivity index (χ1v) is 10.1. The third-order valence-electron chi connectivity index (χ3n) is 5.54. The summed E-state index contributed by atoms with van der Waals surface area (Å²) in [6.45, 7) is 1.96. The molecule has 1 N–H and O–H groups in total. The molecule has 152 valence electrons. The number of hydrogen-bond donors (Lipinski definition) is 1. The van der Waals surface area contributed by atoms with Gasteiger partial charge in [-0.1, -0.05) is 49.4 Å². The lowest BCUT2D eigenvalue weighted by molar-refractivity contribution is -0.117. The fraction of sp³-hybridized carbons (Fsp3) is 0.250. The minimum atomic E-state index is -0.308. The molecule has 1 aromatic heterocycles. The Morgan fingerprint density at radius 3 is 2.57 bits per heavy atom. The number of nitrogens with zero attached hydrogens (tertiary/aromatic N) is 2. The van der Waals surface area contributed by atoms with Crippen molar-refractivity contribution in [3.05, 3.63) is 89.0 Å². The molecule has 1 aliphatic carbocycles. The van der Waals surface area contributed by atoms with Gasteiger partial charge in [-0.2, -0.15) is 0 Å². The van der Waals surface area contributed by atoms with E-state index in [1.54, 1.807) is 12.1 Å². The highest BCUT2D eigenvalue weighted by Gasteiger charge is 2.28. The molecular weight excluding hydrogens is 381 g/mol. The molecule has 3 aromatic rings. The van der Waals surface area contributed by atoms with Gasteiger partial charge in [0.25, 0.3) is 0 Å². The maximum atomic E-state index is 13.2. The largest absolute Gasteiger partial charge is 0.294 e. The molecule has 0 saturated carbocycles. The summed E-state index contributed by atoms with van der Waals surface area (Å²) in [5, 5.41) is 2.80. The van der Waals surface area contributed by atoms with E-state index in [0.29, 0.717) is 30.5 Å². The number of amides is 1. The van der Waals surface area contributed by atoms with Gasteiger partial charge >= 0.3 is 0 Å². The Bertz CT molecular complexity index is 1070. The number of halogens is 1. The van der Waals surface area contributed by atoms with Crippen molar-refractivity contribution in [3.8, 4) is 0 Å². The molecule has 0 fully saturated rings. The molecular formula is C24H22FN3O2.